The molecule has 1 aliphatic rings. The summed E-state index contributed by atoms with van der Waals surface area (Å²) in [7, 11) is 0. The monoisotopic (exact) mass is 393 g/mol. The molecule has 0 spiro atoms. The summed E-state index contributed by atoms with van der Waals surface area (Å²) < 4.78 is 2.84. The summed E-state index contributed by atoms with van der Waals surface area (Å²) in [5, 5.41) is 5.09. The first-order valence-electron chi connectivity index (χ1n) is 9.56. The largest absolute Gasteiger partial charge is 0.353 e. The van der Waals surface area contributed by atoms with Crippen molar-refractivity contribution in [3.05, 3.63) is 26.6 Å². The normalized spacial score (nSPS) is 20.3. The number of hydrogen-bond donors (Lipinski definition) is 2. The van der Waals surface area contributed by atoms with Crippen molar-refractivity contribution < 1.29 is 4.79 Å². The molecule has 1 amide bonds. The predicted octanol–water partition coefficient (Wildman–Crippen LogP) is 4.38. The van der Waals surface area contributed by atoms with E-state index in [0.29, 0.717) is 29.7 Å². The first kappa shape index (κ1) is 19.3. The molecule has 1 saturated carbocycles. The molecule has 142 valence electrons. The maximum atomic E-state index is 12.5. The van der Waals surface area contributed by atoms with Gasteiger partial charge >= 0.3 is 0 Å². The van der Waals surface area contributed by atoms with E-state index in [2.05, 4.69) is 17.2 Å². The Balaban J connectivity index is 1.42. The van der Waals surface area contributed by atoms with Crippen LogP contribution in [-0.2, 0) is 11.3 Å². The second-order valence-corrected chi connectivity index (χ2v) is 8.60. The van der Waals surface area contributed by atoms with Gasteiger partial charge in [-0.15, -0.1) is 11.3 Å². The van der Waals surface area contributed by atoms with Crippen molar-refractivity contribution in [3.63, 3.8) is 0 Å². The number of amides is 1. The third-order valence-electron chi connectivity index (χ3n) is 5.33. The van der Waals surface area contributed by atoms with Crippen molar-refractivity contribution in [1.29, 1.82) is 0 Å². The van der Waals surface area contributed by atoms with E-state index in [9.17, 15) is 9.59 Å². The molecule has 2 N–H and O–H groups in total. The third kappa shape index (κ3) is 4.62. The molecule has 2 atom stereocenters. The fourth-order valence-corrected chi connectivity index (χ4v) is 4.80. The van der Waals surface area contributed by atoms with E-state index in [-0.39, 0.29) is 11.5 Å². The summed E-state index contributed by atoms with van der Waals surface area (Å²) in [6.07, 6.45) is 8.01. The van der Waals surface area contributed by atoms with E-state index in [0.717, 1.165) is 35.9 Å². The zero-order valence-corrected chi connectivity index (χ0v) is 16.9. The van der Waals surface area contributed by atoms with Gasteiger partial charge in [0, 0.05) is 19.0 Å². The molecule has 7 heteroatoms. The molecule has 3 rings (SSSR count). The van der Waals surface area contributed by atoms with Crippen LogP contribution in [0.3, 0.4) is 0 Å². The number of H-pyrrole nitrogens is 1. The van der Waals surface area contributed by atoms with Crippen LogP contribution < -0.4 is 10.9 Å². The van der Waals surface area contributed by atoms with E-state index >= 15 is 0 Å². The second-order valence-electron chi connectivity index (χ2n) is 7.30. The zero-order valence-electron chi connectivity index (χ0n) is 15.3. The number of nitrogens with zero attached hydrogens (tertiary/aromatic N) is 1. The molecule has 1 aliphatic carbocycles. The molecule has 0 saturated heterocycles. The Hall–Kier alpha value is -1.47. The van der Waals surface area contributed by atoms with Gasteiger partial charge in [-0.3, -0.25) is 14.2 Å². The number of thiophene rings is 1. The molecule has 1 fully saturated rings. The van der Waals surface area contributed by atoms with E-state index in [4.69, 9.17) is 12.2 Å². The third-order valence-corrected chi connectivity index (χ3v) is 6.56. The number of fused-ring (bicyclic) bond motifs is 1. The topological polar surface area (TPSA) is 66.9 Å². The van der Waals surface area contributed by atoms with E-state index < -0.39 is 0 Å². The number of aromatic amines is 1. The van der Waals surface area contributed by atoms with E-state index in [1.807, 2.05) is 11.4 Å². The second kappa shape index (κ2) is 8.95. The van der Waals surface area contributed by atoms with Crippen LogP contribution in [0.1, 0.15) is 58.3 Å². The van der Waals surface area contributed by atoms with Gasteiger partial charge in [0.2, 0.25) is 5.91 Å². The van der Waals surface area contributed by atoms with Crippen LogP contribution in [0.5, 0.6) is 0 Å². The van der Waals surface area contributed by atoms with Crippen molar-refractivity contribution in [2.45, 2.75) is 70.9 Å². The standard InChI is InChI=1S/C19H27N3O2S2/c1-13-7-4-5-8-14(13)20-16(23)9-3-2-6-11-22-18(24)17-15(10-12-26-17)21-19(22)25/h10,12-14H,2-9,11H2,1H3,(H,20,23)(H,21,25)/t13-,14+/m1/s1. The number of carbonyl (C=O) groups is 1. The van der Waals surface area contributed by atoms with Crippen LogP contribution in [0, 0.1) is 10.7 Å². The fraction of sp³-hybridized carbons (Fsp3) is 0.632. The van der Waals surface area contributed by atoms with Gasteiger partial charge in [0.15, 0.2) is 4.77 Å². The molecule has 26 heavy (non-hydrogen) atoms. The smallest absolute Gasteiger partial charge is 0.272 e. The average molecular weight is 394 g/mol. The van der Waals surface area contributed by atoms with Gasteiger partial charge in [-0.25, -0.2) is 0 Å². The SMILES string of the molecule is C[C@@H]1CCCC[C@@H]1NC(=O)CCCCCn1c(=S)[nH]c2ccsc2c1=O. The molecule has 0 aliphatic heterocycles. The van der Waals surface area contributed by atoms with E-state index in [1.165, 1.54) is 30.6 Å². The summed E-state index contributed by atoms with van der Waals surface area (Å²) >= 11 is 6.74. The van der Waals surface area contributed by atoms with Crippen LogP contribution in [0.15, 0.2) is 16.2 Å². The van der Waals surface area contributed by atoms with Crippen molar-refractivity contribution in [2.75, 3.05) is 0 Å². The van der Waals surface area contributed by atoms with Gasteiger partial charge in [0.1, 0.15) is 4.70 Å². The van der Waals surface area contributed by atoms with Crippen molar-refractivity contribution >= 4 is 39.7 Å². The van der Waals surface area contributed by atoms with E-state index in [1.54, 1.807) is 4.57 Å². The van der Waals surface area contributed by atoms with Crippen LogP contribution in [0.25, 0.3) is 10.2 Å². The Morgan fingerprint density at radius 1 is 1.35 bits per heavy atom. The number of nitrogens with one attached hydrogen (secondary N) is 2. The highest BCUT2D eigenvalue weighted by atomic mass is 32.1. The summed E-state index contributed by atoms with van der Waals surface area (Å²) in [4.78, 5) is 27.7. The summed E-state index contributed by atoms with van der Waals surface area (Å²) in [5.74, 6) is 0.756. The number of hydrogen-bond acceptors (Lipinski definition) is 4. The Bertz CT molecular complexity index is 868. The minimum absolute atomic E-state index is 0.0113. The Kier molecular flexibility index (Phi) is 6.64. The lowest BCUT2D eigenvalue weighted by Gasteiger charge is -2.29. The highest BCUT2D eigenvalue weighted by Crippen LogP contribution is 2.23. The number of rotatable bonds is 7. The highest BCUT2D eigenvalue weighted by Gasteiger charge is 2.22. The minimum atomic E-state index is -0.0113. The predicted molar refractivity (Wildman–Crippen MR) is 109 cm³/mol. The van der Waals surface area contributed by atoms with Crippen LogP contribution in [-0.4, -0.2) is 21.5 Å². The maximum Gasteiger partial charge on any atom is 0.272 e. The number of carbonyl (C=O) groups excluding carboxylic acids is 1. The minimum Gasteiger partial charge on any atom is -0.353 e. The first-order valence-corrected chi connectivity index (χ1v) is 10.8. The number of unbranched alkanes of at least 4 members (excludes halogenated alkanes) is 2. The van der Waals surface area contributed by atoms with Gasteiger partial charge in [-0.1, -0.05) is 26.2 Å². The Labute approximate surface area is 162 Å². The average Bonchev–Trinajstić information content (AvgIpc) is 3.07. The first-order chi connectivity index (χ1) is 12.6. The molecule has 2 heterocycles. The van der Waals surface area contributed by atoms with Gasteiger partial charge in [0.05, 0.1) is 5.52 Å². The molecule has 0 radical (unpaired) electrons. The quantitative estimate of drug-likeness (QED) is 0.542. The Morgan fingerprint density at radius 3 is 2.96 bits per heavy atom. The van der Waals surface area contributed by atoms with Gasteiger partial charge in [0.25, 0.3) is 5.56 Å². The molecular weight excluding hydrogens is 366 g/mol. The molecule has 2 aromatic rings. The lowest BCUT2D eigenvalue weighted by atomic mass is 9.86. The van der Waals surface area contributed by atoms with Gasteiger partial charge in [-0.05, 0) is 55.3 Å². The van der Waals surface area contributed by atoms with Gasteiger partial charge < -0.3 is 10.3 Å². The molecule has 5 nitrogen and oxygen atoms in total. The van der Waals surface area contributed by atoms with Crippen molar-refractivity contribution in [2.24, 2.45) is 5.92 Å². The van der Waals surface area contributed by atoms with Gasteiger partial charge in [-0.2, -0.15) is 0 Å². The van der Waals surface area contributed by atoms with Crippen molar-refractivity contribution in [1.82, 2.24) is 14.9 Å². The lowest BCUT2D eigenvalue weighted by Crippen LogP contribution is -2.40. The Morgan fingerprint density at radius 2 is 2.15 bits per heavy atom. The molecular formula is C19H27N3O2S2. The molecule has 0 aromatic carbocycles. The highest BCUT2D eigenvalue weighted by molar-refractivity contribution is 7.71. The summed E-state index contributed by atoms with van der Waals surface area (Å²) in [5.41, 5.74) is 0.803. The molecule has 0 bridgehead atoms. The lowest BCUT2D eigenvalue weighted by molar-refractivity contribution is -0.122. The van der Waals surface area contributed by atoms with Crippen LogP contribution in [0.2, 0.25) is 0 Å². The van der Waals surface area contributed by atoms with Crippen LogP contribution >= 0.6 is 23.6 Å². The maximum absolute atomic E-state index is 12.5. The molecule has 2 aromatic heterocycles. The van der Waals surface area contributed by atoms with Crippen LogP contribution in [0.4, 0.5) is 0 Å². The van der Waals surface area contributed by atoms with Crippen molar-refractivity contribution in [3.8, 4) is 0 Å². The zero-order chi connectivity index (χ0) is 18.5. The summed E-state index contributed by atoms with van der Waals surface area (Å²) in [6, 6.07) is 2.23. The molecule has 0 unspecified atom stereocenters. The number of aromatic nitrogens is 2. The summed E-state index contributed by atoms with van der Waals surface area (Å²) in [6.45, 7) is 2.83. The fourth-order valence-electron chi connectivity index (χ4n) is 3.72.